The van der Waals surface area contributed by atoms with Crippen LogP contribution in [0.15, 0.2) is 78.9 Å². The predicted molar refractivity (Wildman–Crippen MR) is 156 cm³/mol. The first-order valence-corrected chi connectivity index (χ1v) is 13.5. The highest BCUT2D eigenvalue weighted by atomic mass is 15.2. The van der Waals surface area contributed by atoms with Gasteiger partial charge in [-0.1, -0.05) is 60.7 Å². The highest BCUT2D eigenvalue weighted by Crippen LogP contribution is 2.30. The van der Waals surface area contributed by atoms with Crippen LogP contribution in [0.4, 0.5) is 11.8 Å². The third-order valence-corrected chi connectivity index (χ3v) is 7.79. The molecule has 1 aromatic heterocycles. The van der Waals surface area contributed by atoms with E-state index in [0.29, 0.717) is 12.0 Å². The number of anilines is 2. The Morgan fingerprint density at radius 1 is 0.757 bits per heavy atom. The number of hydrogen-bond acceptors (Lipinski definition) is 5. The number of aromatic nitrogens is 2. The summed E-state index contributed by atoms with van der Waals surface area (Å²) in [5, 5.41) is 13.9. The zero-order valence-corrected chi connectivity index (χ0v) is 21.7. The van der Waals surface area contributed by atoms with Crippen molar-refractivity contribution in [2.75, 3.05) is 30.9 Å². The maximum atomic E-state index is 4.83. The van der Waals surface area contributed by atoms with Gasteiger partial charge in [-0.2, -0.15) is 4.98 Å². The second-order valence-corrected chi connectivity index (χ2v) is 10.6. The first-order valence-electron chi connectivity index (χ1n) is 13.5. The molecule has 0 amide bonds. The summed E-state index contributed by atoms with van der Waals surface area (Å²) in [6.07, 6.45) is 4.74. The largest absolute Gasteiger partial charge is 0.362 e. The van der Waals surface area contributed by atoms with Crippen molar-refractivity contribution in [2.45, 2.75) is 38.3 Å². The summed E-state index contributed by atoms with van der Waals surface area (Å²) in [4.78, 5) is 11.7. The molecule has 1 saturated carbocycles. The van der Waals surface area contributed by atoms with Gasteiger partial charge in [0.05, 0.1) is 5.52 Å². The molecule has 1 aliphatic rings. The van der Waals surface area contributed by atoms with E-state index in [0.717, 1.165) is 48.6 Å². The Labute approximate surface area is 218 Å². The zero-order chi connectivity index (χ0) is 25.2. The fourth-order valence-electron chi connectivity index (χ4n) is 5.85. The second-order valence-electron chi connectivity index (χ2n) is 10.6. The summed E-state index contributed by atoms with van der Waals surface area (Å²) in [6.45, 7) is 1.97. The molecule has 1 fully saturated rings. The molecule has 1 aliphatic carbocycles. The summed E-state index contributed by atoms with van der Waals surface area (Å²) in [6, 6.07) is 28.5. The van der Waals surface area contributed by atoms with E-state index in [-0.39, 0.29) is 0 Å². The van der Waals surface area contributed by atoms with Gasteiger partial charge in [0, 0.05) is 32.1 Å². The Balaban J connectivity index is 1.07. The van der Waals surface area contributed by atoms with E-state index in [2.05, 4.69) is 82.3 Å². The smallest absolute Gasteiger partial charge is 0.225 e. The van der Waals surface area contributed by atoms with Crippen molar-refractivity contribution in [3.63, 3.8) is 0 Å². The average molecular weight is 490 g/mol. The number of fused-ring (bicyclic) bond motifs is 4. The Kier molecular flexibility index (Phi) is 6.62. The third kappa shape index (κ3) is 4.96. The maximum Gasteiger partial charge on any atom is 0.225 e. The number of rotatable bonds is 7. The Morgan fingerprint density at radius 2 is 1.43 bits per heavy atom. The van der Waals surface area contributed by atoms with Gasteiger partial charge < -0.3 is 15.5 Å². The van der Waals surface area contributed by atoms with Crippen LogP contribution in [0.5, 0.6) is 0 Å². The van der Waals surface area contributed by atoms with E-state index >= 15 is 0 Å². The van der Waals surface area contributed by atoms with Crippen LogP contribution in [-0.4, -0.2) is 36.6 Å². The molecule has 4 aromatic carbocycles. The summed E-state index contributed by atoms with van der Waals surface area (Å²) < 4.78 is 0. The van der Waals surface area contributed by atoms with Crippen molar-refractivity contribution < 1.29 is 0 Å². The van der Waals surface area contributed by atoms with Crippen LogP contribution in [0, 0.1) is 5.92 Å². The SMILES string of the molecule is CN(C)c1nc(NC2CCC(CNCc3cc4ccccc4c4ccccc34)CC2)nc2ccccc12. The lowest BCUT2D eigenvalue weighted by Crippen LogP contribution is -2.31. The van der Waals surface area contributed by atoms with Crippen LogP contribution in [0.3, 0.4) is 0 Å². The van der Waals surface area contributed by atoms with Crippen LogP contribution in [0.25, 0.3) is 32.4 Å². The lowest BCUT2D eigenvalue weighted by molar-refractivity contribution is 0.324. The Hall–Kier alpha value is -3.70. The molecule has 1 heterocycles. The molecule has 0 atom stereocenters. The van der Waals surface area contributed by atoms with Crippen molar-refractivity contribution in [3.8, 4) is 0 Å². The van der Waals surface area contributed by atoms with Gasteiger partial charge in [-0.05, 0) is 83.5 Å². The fourth-order valence-corrected chi connectivity index (χ4v) is 5.85. The van der Waals surface area contributed by atoms with Crippen molar-refractivity contribution in [1.82, 2.24) is 15.3 Å². The molecular formula is C32H35N5. The maximum absolute atomic E-state index is 4.83. The van der Waals surface area contributed by atoms with Gasteiger partial charge in [-0.15, -0.1) is 0 Å². The zero-order valence-electron chi connectivity index (χ0n) is 21.7. The topological polar surface area (TPSA) is 53.1 Å². The Bertz CT molecular complexity index is 1540. The molecule has 0 radical (unpaired) electrons. The molecule has 6 rings (SSSR count). The highest BCUT2D eigenvalue weighted by Gasteiger charge is 2.22. The first-order chi connectivity index (χ1) is 18.2. The van der Waals surface area contributed by atoms with Crippen LogP contribution in [-0.2, 0) is 6.54 Å². The van der Waals surface area contributed by atoms with Gasteiger partial charge >= 0.3 is 0 Å². The first kappa shape index (κ1) is 23.7. The quantitative estimate of drug-likeness (QED) is 0.247. The summed E-state index contributed by atoms with van der Waals surface area (Å²) in [7, 11) is 4.08. The van der Waals surface area contributed by atoms with Gasteiger partial charge in [0.25, 0.3) is 0 Å². The van der Waals surface area contributed by atoms with E-state index in [1.165, 1.54) is 39.9 Å². The minimum Gasteiger partial charge on any atom is -0.362 e. The predicted octanol–water partition coefficient (Wildman–Crippen LogP) is 6.76. The molecule has 2 N–H and O–H groups in total. The summed E-state index contributed by atoms with van der Waals surface area (Å²) in [5.41, 5.74) is 2.37. The number of hydrogen-bond donors (Lipinski definition) is 2. The van der Waals surface area contributed by atoms with Crippen LogP contribution in [0.2, 0.25) is 0 Å². The highest BCUT2D eigenvalue weighted by molar-refractivity contribution is 6.08. The summed E-state index contributed by atoms with van der Waals surface area (Å²) in [5.74, 6) is 2.42. The monoisotopic (exact) mass is 489 g/mol. The van der Waals surface area contributed by atoms with E-state index < -0.39 is 0 Å². The molecule has 188 valence electrons. The van der Waals surface area contributed by atoms with Crippen molar-refractivity contribution in [2.24, 2.45) is 5.92 Å². The van der Waals surface area contributed by atoms with Crippen LogP contribution < -0.4 is 15.5 Å². The van der Waals surface area contributed by atoms with E-state index in [4.69, 9.17) is 9.97 Å². The van der Waals surface area contributed by atoms with Gasteiger partial charge in [0.15, 0.2) is 0 Å². The minimum absolute atomic E-state index is 0.428. The molecule has 0 bridgehead atoms. The average Bonchev–Trinajstić information content (AvgIpc) is 2.93. The number of para-hydroxylation sites is 1. The minimum atomic E-state index is 0.428. The van der Waals surface area contributed by atoms with Crippen molar-refractivity contribution in [1.29, 1.82) is 0 Å². The lowest BCUT2D eigenvalue weighted by atomic mass is 9.86. The van der Waals surface area contributed by atoms with Crippen LogP contribution >= 0.6 is 0 Å². The van der Waals surface area contributed by atoms with E-state index in [1.54, 1.807) is 0 Å². The standard InChI is InChI=1S/C32H35N5/c1-37(2)31-29-13-7-8-14-30(29)35-32(36-31)34-25-17-15-22(16-18-25)20-33-21-24-19-23-9-3-4-10-26(23)28-12-6-5-11-27(24)28/h3-14,19,22,25,33H,15-18,20-21H2,1-2H3,(H,34,35,36). The molecule has 0 spiro atoms. The summed E-state index contributed by atoms with van der Waals surface area (Å²) >= 11 is 0. The molecular weight excluding hydrogens is 454 g/mol. The molecule has 5 aromatic rings. The fraction of sp³-hybridized carbons (Fsp3) is 0.312. The molecule has 37 heavy (non-hydrogen) atoms. The molecule has 5 heteroatoms. The van der Waals surface area contributed by atoms with Crippen molar-refractivity contribution >= 4 is 44.2 Å². The number of nitrogens with one attached hydrogen (secondary N) is 2. The Morgan fingerprint density at radius 3 is 2.22 bits per heavy atom. The van der Waals surface area contributed by atoms with E-state index in [9.17, 15) is 0 Å². The van der Waals surface area contributed by atoms with Gasteiger partial charge in [0.1, 0.15) is 5.82 Å². The third-order valence-electron chi connectivity index (χ3n) is 7.79. The van der Waals surface area contributed by atoms with Crippen molar-refractivity contribution in [3.05, 3.63) is 84.4 Å². The molecule has 0 unspecified atom stereocenters. The van der Waals surface area contributed by atoms with Crippen LogP contribution in [0.1, 0.15) is 31.2 Å². The normalized spacial score (nSPS) is 17.9. The molecule has 5 nitrogen and oxygen atoms in total. The number of benzene rings is 4. The molecule has 0 saturated heterocycles. The van der Waals surface area contributed by atoms with E-state index in [1.807, 2.05) is 26.2 Å². The molecule has 0 aliphatic heterocycles. The van der Waals surface area contributed by atoms with Gasteiger partial charge in [-0.25, -0.2) is 4.98 Å². The second kappa shape index (κ2) is 10.3. The van der Waals surface area contributed by atoms with Gasteiger partial charge in [0.2, 0.25) is 5.95 Å². The lowest BCUT2D eigenvalue weighted by Gasteiger charge is -2.29. The van der Waals surface area contributed by atoms with Gasteiger partial charge in [-0.3, -0.25) is 0 Å². The number of nitrogens with zero attached hydrogens (tertiary/aromatic N) is 3.